The van der Waals surface area contributed by atoms with Crippen molar-refractivity contribution < 1.29 is 14.3 Å². The summed E-state index contributed by atoms with van der Waals surface area (Å²) >= 11 is 5.83. The summed E-state index contributed by atoms with van der Waals surface area (Å²) in [5.41, 5.74) is 1.07. The molecule has 5 heteroatoms. The lowest BCUT2D eigenvalue weighted by Gasteiger charge is -2.19. The van der Waals surface area contributed by atoms with E-state index in [9.17, 15) is 4.79 Å². The van der Waals surface area contributed by atoms with Crippen LogP contribution in [-0.2, 0) is 4.79 Å². The quantitative estimate of drug-likeness (QED) is 0.823. The molecule has 1 amide bonds. The van der Waals surface area contributed by atoms with Gasteiger partial charge in [0.05, 0.1) is 6.04 Å². The van der Waals surface area contributed by atoms with Crippen molar-refractivity contribution in [1.29, 1.82) is 0 Å². The molecule has 0 saturated heterocycles. The van der Waals surface area contributed by atoms with E-state index >= 15 is 0 Å². The molecule has 128 valence electrons. The van der Waals surface area contributed by atoms with Crippen LogP contribution < -0.4 is 14.8 Å². The Balaban J connectivity index is 1.80. The van der Waals surface area contributed by atoms with Gasteiger partial charge < -0.3 is 14.8 Å². The number of amides is 1. The van der Waals surface area contributed by atoms with Crippen molar-refractivity contribution >= 4 is 17.5 Å². The van der Waals surface area contributed by atoms with Gasteiger partial charge >= 0.3 is 0 Å². The Morgan fingerprint density at radius 2 is 1.79 bits per heavy atom. The molecule has 4 nitrogen and oxygen atoms in total. The van der Waals surface area contributed by atoms with E-state index in [0.29, 0.717) is 17.4 Å². The number of ether oxygens (including phenoxy) is 2. The van der Waals surface area contributed by atoms with Gasteiger partial charge in [-0.1, -0.05) is 29.8 Å². The van der Waals surface area contributed by atoms with Gasteiger partial charge in [-0.25, -0.2) is 0 Å². The van der Waals surface area contributed by atoms with Crippen molar-refractivity contribution in [1.82, 2.24) is 5.32 Å². The highest BCUT2D eigenvalue weighted by Gasteiger charge is 2.17. The fourth-order valence-corrected chi connectivity index (χ4v) is 2.23. The van der Waals surface area contributed by atoms with Gasteiger partial charge in [0.2, 0.25) is 0 Å². The molecule has 0 fully saturated rings. The third kappa shape index (κ3) is 5.46. The van der Waals surface area contributed by atoms with Crippen LogP contribution in [0.25, 0.3) is 0 Å². The Bertz CT molecular complexity index is 673. The van der Waals surface area contributed by atoms with Crippen LogP contribution in [0, 0.1) is 6.92 Å². The van der Waals surface area contributed by atoms with Crippen LogP contribution in [-0.4, -0.2) is 24.7 Å². The van der Waals surface area contributed by atoms with E-state index in [4.69, 9.17) is 21.1 Å². The Morgan fingerprint density at radius 1 is 1.12 bits per heavy atom. The van der Waals surface area contributed by atoms with Crippen LogP contribution in [0.15, 0.2) is 48.5 Å². The molecule has 0 unspecified atom stereocenters. The third-order valence-electron chi connectivity index (χ3n) is 3.47. The zero-order valence-electron chi connectivity index (χ0n) is 14.1. The van der Waals surface area contributed by atoms with Crippen LogP contribution in [0.3, 0.4) is 0 Å². The molecule has 24 heavy (non-hydrogen) atoms. The van der Waals surface area contributed by atoms with Crippen molar-refractivity contribution in [3.63, 3.8) is 0 Å². The third-order valence-corrected chi connectivity index (χ3v) is 3.72. The second-order valence-electron chi connectivity index (χ2n) is 5.70. The van der Waals surface area contributed by atoms with E-state index in [0.717, 1.165) is 11.3 Å². The Morgan fingerprint density at radius 3 is 2.46 bits per heavy atom. The van der Waals surface area contributed by atoms with Crippen LogP contribution >= 0.6 is 11.6 Å². The van der Waals surface area contributed by atoms with Gasteiger partial charge in [-0.05, 0) is 56.7 Å². The van der Waals surface area contributed by atoms with E-state index < -0.39 is 6.10 Å². The predicted octanol–water partition coefficient (Wildman–Crippen LogP) is 4.00. The first-order valence-electron chi connectivity index (χ1n) is 7.86. The molecule has 0 radical (unpaired) electrons. The first-order valence-corrected chi connectivity index (χ1v) is 8.24. The van der Waals surface area contributed by atoms with E-state index in [1.165, 1.54) is 0 Å². The van der Waals surface area contributed by atoms with Crippen molar-refractivity contribution in [2.75, 3.05) is 6.61 Å². The fraction of sp³-hybridized carbons (Fsp3) is 0.316. The molecule has 0 aliphatic heterocycles. The first kappa shape index (κ1) is 18.1. The lowest BCUT2D eigenvalue weighted by Crippen LogP contribution is -2.43. The SMILES string of the molecule is Cc1ccccc1OC[C@H](C)NC(=O)[C@@H](C)Oc1ccc(Cl)cc1. The summed E-state index contributed by atoms with van der Waals surface area (Å²) in [6.45, 7) is 5.98. The molecule has 0 aliphatic rings. The average Bonchev–Trinajstić information content (AvgIpc) is 2.56. The highest BCUT2D eigenvalue weighted by molar-refractivity contribution is 6.30. The summed E-state index contributed by atoms with van der Waals surface area (Å²) in [6, 6.07) is 14.6. The van der Waals surface area contributed by atoms with E-state index in [1.54, 1.807) is 31.2 Å². The average molecular weight is 348 g/mol. The highest BCUT2D eigenvalue weighted by atomic mass is 35.5. The summed E-state index contributed by atoms with van der Waals surface area (Å²) in [5, 5.41) is 3.51. The molecule has 0 bridgehead atoms. The van der Waals surface area contributed by atoms with Crippen LogP contribution in [0.2, 0.25) is 5.02 Å². The summed E-state index contributed by atoms with van der Waals surface area (Å²) in [7, 11) is 0. The van der Waals surface area contributed by atoms with Gasteiger partial charge in [0.1, 0.15) is 18.1 Å². The number of rotatable bonds is 7. The minimum absolute atomic E-state index is 0.131. The highest BCUT2D eigenvalue weighted by Crippen LogP contribution is 2.17. The standard InChI is InChI=1S/C19H22ClNO3/c1-13-6-4-5-7-18(13)23-12-14(2)21-19(22)15(3)24-17-10-8-16(20)9-11-17/h4-11,14-15H,12H2,1-3H3,(H,21,22)/t14-,15+/m0/s1. The largest absolute Gasteiger partial charge is 0.491 e. The summed E-state index contributed by atoms with van der Waals surface area (Å²) in [5.74, 6) is 1.24. The molecule has 2 atom stereocenters. The van der Waals surface area contributed by atoms with Crippen LogP contribution in [0.4, 0.5) is 0 Å². The zero-order chi connectivity index (χ0) is 17.5. The number of carbonyl (C=O) groups is 1. The number of benzene rings is 2. The second-order valence-corrected chi connectivity index (χ2v) is 6.14. The Labute approximate surface area is 147 Å². The monoisotopic (exact) mass is 347 g/mol. The molecule has 0 spiro atoms. The predicted molar refractivity (Wildman–Crippen MR) is 95.8 cm³/mol. The van der Waals surface area contributed by atoms with Gasteiger partial charge in [0, 0.05) is 5.02 Å². The van der Waals surface area contributed by atoms with E-state index in [-0.39, 0.29) is 11.9 Å². The van der Waals surface area contributed by atoms with Crippen molar-refractivity contribution in [2.24, 2.45) is 0 Å². The van der Waals surface area contributed by atoms with Gasteiger partial charge in [-0.3, -0.25) is 4.79 Å². The van der Waals surface area contributed by atoms with Crippen molar-refractivity contribution in [3.05, 3.63) is 59.1 Å². The van der Waals surface area contributed by atoms with Gasteiger partial charge in [-0.15, -0.1) is 0 Å². The molecule has 2 aromatic carbocycles. The maximum atomic E-state index is 12.2. The molecule has 2 aromatic rings. The van der Waals surface area contributed by atoms with Crippen molar-refractivity contribution in [3.8, 4) is 11.5 Å². The van der Waals surface area contributed by atoms with Gasteiger partial charge in [0.15, 0.2) is 6.10 Å². The number of para-hydroxylation sites is 1. The first-order chi connectivity index (χ1) is 11.5. The summed E-state index contributed by atoms with van der Waals surface area (Å²) in [6.07, 6.45) is -0.605. The molecule has 1 N–H and O–H groups in total. The minimum Gasteiger partial charge on any atom is -0.491 e. The lowest BCUT2D eigenvalue weighted by atomic mass is 10.2. The number of hydrogen-bond donors (Lipinski definition) is 1. The smallest absolute Gasteiger partial charge is 0.261 e. The maximum absolute atomic E-state index is 12.2. The van der Waals surface area contributed by atoms with Crippen LogP contribution in [0.5, 0.6) is 11.5 Å². The topological polar surface area (TPSA) is 47.6 Å². The summed E-state index contributed by atoms with van der Waals surface area (Å²) < 4.78 is 11.3. The molecular formula is C19H22ClNO3. The fourth-order valence-electron chi connectivity index (χ4n) is 2.11. The van der Waals surface area contributed by atoms with Gasteiger partial charge in [0.25, 0.3) is 5.91 Å². The van der Waals surface area contributed by atoms with E-state index in [1.807, 2.05) is 38.1 Å². The number of carbonyl (C=O) groups excluding carboxylic acids is 1. The number of hydrogen-bond acceptors (Lipinski definition) is 3. The molecule has 0 heterocycles. The lowest BCUT2D eigenvalue weighted by molar-refractivity contribution is -0.128. The van der Waals surface area contributed by atoms with Crippen LogP contribution in [0.1, 0.15) is 19.4 Å². The number of halogens is 1. The minimum atomic E-state index is -0.605. The zero-order valence-corrected chi connectivity index (χ0v) is 14.8. The normalized spacial score (nSPS) is 13.0. The molecule has 0 aromatic heterocycles. The number of aryl methyl sites for hydroxylation is 1. The molecule has 2 rings (SSSR count). The number of nitrogens with one attached hydrogen (secondary N) is 1. The second kappa shape index (κ2) is 8.60. The Kier molecular flexibility index (Phi) is 6.50. The molecule has 0 aliphatic carbocycles. The van der Waals surface area contributed by atoms with Crippen molar-refractivity contribution in [2.45, 2.75) is 32.9 Å². The van der Waals surface area contributed by atoms with E-state index in [2.05, 4.69) is 5.32 Å². The molecule has 0 saturated carbocycles. The molecular weight excluding hydrogens is 326 g/mol. The summed E-state index contributed by atoms with van der Waals surface area (Å²) in [4.78, 5) is 12.2. The maximum Gasteiger partial charge on any atom is 0.261 e. The van der Waals surface area contributed by atoms with Gasteiger partial charge in [-0.2, -0.15) is 0 Å². The Hall–Kier alpha value is -2.20.